The third-order valence-corrected chi connectivity index (χ3v) is 11.1. The highest BCUT2D eigenvalue weighted by molar-refractivity contribution is 5.91. The van der Waals surface area contributed by atoms with E-state index in [1.165, 1.54) is 12.7 Å². The van der Waals surface area contributed by atoms with Gasteiger partial charge in [0.1, 0.15) is 6.10 Å². The molecule has 0 unspecified atom stereocenters. The number of rotatable bonds is 6. The largest absolute Gasteiger partial charge is 0.469 e. The molecule has 0 bridgehead atoms. The standard InChI is InChI=1S/C32H42O5/c1-20(10-15-29(34)36-4)25-13-14-26-24-12-11-22-18-23(33)16-17-31(22,2)27(24)19-28(32(25,26)3)37-30(35)21-8-6-5-7-9-21/h5-9,18,20,24-28H,10-17,19H2,1-4H3/t20-,24+,25-,26+,27+,28+,31+,32-/m1/s1/i18+1,23+1. The van der Waals surface area contributed by atoms with Crippen LogP contribution in [-0.4, -0.2) is 30.9 Å². The molecule has 5 heteroatoms. The SMILES string of the molecule is COC(=O)CC[C@@H](C)[C@H]1CC[C@H]2[C@@H]3CCC4=[13CH][13C](=O)CC[C@]4(C)[C@H]3C[C@H](OC(=O)c3ccccc3)[C@]12C. The van der Waals surface area contributed by atoms with Crippen LogP contribution in [0.4, 0.5) is 0 Å². The molecule has 200 valence electrons. The fourth-order valence-corrected chi connectivity index (χ4v) is 9.05. The minimum absolute atomic E-state index is 0.00411. The van der Waals surface area contributed by atoms with Crippen LogP contribution in [0.5, 0.6) is 0 Å². The molecule has 0 heterocycles. The van der Waals surface area contributed by atoms with E-state index in [4.69, 9.17) is 9.47 Å². The molecule has 0 radical (unpaired) electrons. The number of allylic oxidation sites excluding steroid dienone is 1. The van der Waals surface area contributed by atoms with Crippen molar-refractivity contribution in [2.45, 2.75) is 84.7 Å². The van der Waals surface area contributed by atoms with Crippen LogP contribution in [-0.2, 0) is 19.1 Å². The molecule has 0 aliphatic heterocycles. The molecule has 0 amide bonds. The maximum absolute atomic E-state index is 13.4. The van der Waals surface area contributed by atoms with Gasteiger partial charge in [-0.3, -0.25) is 9.59 Å². The summed E-state index contributed by atoms with van der Waals surface area (Å²) >= 11 is 0. The van der Waals surface area contributed by atoms with Gasteiger partial charge in [0.15, 0.2) is 5.78 Å². The molecular weight excluding hydrogens is 466 g/mol. The Bertz CT molecular complexity index is 1080. The van der Waals surface area contributed by atoms with Crippen molar-refractivity contribution < 1.29 is 23.9 Å². The molecule has 0 N–H and O–H groups in total. The normalized spacial score (nSPS) is 37.5. The number of benzene rings is 1. The molecule has 3 saturated carbocycles. The van der Waals surface area contributed by atoms with E-state index in [0.29, 0.717) is 48.0 Å². The van der Waals surface area contributed by atoms with E-state index < -0.39 is 0 Å². The van der Waals surface area contributed by atoms with Gasteiger partial charge >= 0.3 is 11.9 Å². The summed E-state index contributed by atoms with van der Waals surface area (Å²) < 4.78 is 11.4. The van der Waals surface area contributed by atoms with E-state index in [1.807, 2.05) is 36.4 Å². The van der Waals surface area contributed by atoms with Crippen molar-refractivity contribution in [3.05, 3.63) is 47.5 Å². The van der Waals surface area contributed by atoms with E-state index in [-0.39, 0.29) is 34.7 Å². The third kappa shape index (κ3) is 4.46. The highest BCUT2D eigenvalue weighted by atomic mass is 16.5. The molecule has 0 saturated heterocycles. The van der Waals surface area contributed by atoms with Crippen LogP contribution in [0.3, 0.4) is 0 Å². The molecule has 0 aromatic heterocycles. The average Bonchev–Trinajstić information content (AvgIpc) is 3.26. The van der Waals surface area contributed by atoms with Gasteiger partial charge in [-0.2, -0.15) is 0 Å². The molecule has 3 fully saturated rings. The quantitative estimate of drug-likeness (QED) is 0.322. The predicted octanol–water partition coefficient (Wildman–Crippen LogP) is 6.56. The van der Waals surface area contributed by atoms with Gasteiger partial charge < -0.3 is 9.47 Å². The van der Waals surface area contributed by atoms with Gasteiger partial charge in [0.25, 0.3) is 0 Å². The Balaban J connectivity index is 1.48. The van der Waals surface area contributed by atoms with Crippen molar-refractivity contribution >= 4 is 17.7 Å². The van der Waals surface area contributed by atoms with Crippen molar-refractivity contribution in [2.75, 3.05) is 7.11 Å². The topological polar surface area (TPSA) is 69.7 Å². The van der Waals surface area contributed by atoms with Gasteiger partial charge in [-0.25, -0.2) is 4.79 Å². The second-order valence-corrected chi connectivity index (χ2v) is 12.6. The van der Waals surface area contributed by atoms with Gasteiger partial charge in [-0.15, -0.1) is 0 Å². The van der Waals surface area contributed by atoms with E-state index in [1.54, 1.807) is 0 Å². The first-order valence-corrected chi connectivity index (χ1v) is 14.2. The molecule has 1 aromatic carbocycles. The number of ketones is 1. The number of hydrogen-bond donors (Lipinski definition) is 0. The van der Waals surface area contributed by atoms with Crippen LogP contribution >= 0.6 is 0 Å². The van der Waals surface area contributed by atoms with Crippen LogP contribution < -0.4 is 0 Å². The summed E-state index contributed by atoms with van der Waals surface area (Å²) in [7, 11) is 1.45. The Morgan fingerprint density at radius 1 is 1.05 bits per heavy atom. The van der Waals surface area contributed by atoms with Gasteiger partial charge in [0.2, 0.25) is 0 Å². The highest BCUT2D eigenvalue weighted by Gasteiger charge is 2.64. The van der Waals surface area contributed by atoms with Crippen molar-refractivity contribution in [3.8, 4) is 0 Å². The van der Waals surface area contributed by atoms with Crippen molar-refractivity contribution in [1.82, 2.24) is 0 Å². The third-order valence-electron chi connectivity index (χ3n) is 11.1. The number of methoxy groups -OCH3 is 1. The smallest absolute Gasteiger partial charge is 0.338 e. The lowest BCUT2D eigenvalue weighted by Crippen LogP contribution is -2.58. The second kappa shape index (κ2) is 10.0. The summed E-state index contributed by atoms with van der Waals surface area (Å²) in [5, 5.41) is 0. The second-order valence-electron chi connectivity index (χ2n) is 12.6. The monoisotopic (exact) mass is 508 g/mol. The summed E-state index contributed by atoms with van der Waals surface area (Å²) in [6.45, 7) is 7.01. The Morgan fingerprint density at radius 3 is 2.54 bits per heavy atom. The highest BCUT2D eigenvalue weighted by Crippen LogP contribution is 2.68. The lowest BCUT2D eigenvalue weighted by atomic mass is 9.46. The zero-order valence-corrected chi connectivity index (χ0v) is 22.8. The lowest BCUT2D eigenvalue weighted by molar-refractivity contribution is -0.146. The molecular formula is C32H42O5. The summed E-state index contributed by atoms with van der Waals surface area (Å²) in [6, 6.07) is 9.33. The summed E-state index contributed by atoms with van der Waals surface area (Å²) in [5.74, 6) is 2.04. The predicted molar refractivity (Wildman–Crippen MR) is 142 cm³/mol. The van der Waals surface area contributed by atoms with E-state index in [0.717, 1.165) is 44.9 Å². The molecule has 5 nitrogen and oxygen atoms in total. The molecule has 8 atom stereocenters. The van der Waals surface area contributed by atoms with Crippen LogP contribution in [0.25, 0.3) is 0 Å². The first-order valence-electron chi connectivity index (χ1n) is 14.2. The van der Waals surface area contributed by atoms with Crippen molar-refractivity contribution in [2.24, 2.45) is 40.4 Å². The molecule has 0 spiro atoms. The number of esters is 2. The van der Waals surface area contributed by atoms with E-state index >= 15 is 0 Å². The van der Waals surface area contributed by atoms with Gasteiger partial charge in [-0.05, 0) is 98.2 Å². The van der Waals surface area contributed by atoms with Gasteiger partial charge in [0, 0.05) is 18.3 Å². The number of carbonyl (C=O) groups is 3. The number of fused-ring (bicyclic) bond motifs is 5. The van der Waals surface area contributed by atoms with Crippen LogP contribution in [0, 0.1) is 40.4 Å². The molecule has 4 aliphatic rings. The lowest BCUT2D eigenvalue weighted by Gasteiger charge is -2.60. The van der Waals surface area contributed by atoms with Crippen molar-refractivity contribution in [1.29, 1.82) is 0 Å². The summed E-state index contributed by atoms with van der Waals surface area (Å²) in [6.07, 6.45) is 9.69. The number of hydrogen-bond acceptors (Lipinski definition) is 5. The van der Waals surface area contributed by atoms with Crippen LogP contribution in [0.2, 0.25) is 0 Å². The van der Waals surface area contributed by atoms with E-state index in [9.17, 15) is 14.4 Å². The fraction of sp³-hybridized carbons (Fsp3) is 0.656. The zero-order valence-electron chi connectivity index (χ0n) is 22.8. The Morgan fingerprint density at radius 2 is 1.81 bits per heavy atom. The Labute approximate surface area is 221 Å². The fourth-order valence-electron chi connectivity index (χ4n) is 9.05. The summed E-state index contributed by atoms with van der Waals surface area (Å²) in [5.41, 5.74) is 1.78. The Kier molecular flexibility index (Phi) is 7.10. The minimum Gasteiger partial charge on any atom is -0.469 e. The molecule has 4 aliphatic carbocycles. The van der Waals surface area contributed by atoms with Crippen molar-refractivity contribution in [3.63, 3.8) is 0 Å². The summed E-state index contributed by atoms with van der Waals surface area (Å²) in [4.78, 5) is 37.6. The van der Waals surface area contributed by atoms with Gasteiger partial charge in [-0.1, -0.05) is 44.5 Å². The van der Waals surface area contributed by atoms with E-state index in [2.05, 4.69) is 20.8 Å². The van der Waals surface area contributed by atoms with Crippen LogP contribution in [0.1, 0.15) is 88.9 Å². The van der Waals surface area contributed by atoms with Crippen LogP contribution in [0.15, 0.2) is 42.0 Å². The van der Waals surface area contributed by atoms with Gasteiger partial charge in [0.05, 0.1) is 12.7 Å². The average molecular weight is 509 g/mol. The minimum atomic E-state index is -0.243. The molecule has 1 aromatic rings. The maximum Gasteiger partial charge on any atom is 0.338 e. The maximum atomic E-state index is 13.4. The molecule has 37 heavy (non-hydrogen) atoms. The Hall–Kier alpha value is -2.43. The number of carbonyl (C=O) groups excluding carboxylic acids is 3. The zero-order chi connectivity index (χ0) is 26.4. The molecule has 5 rings (SSSR count). The first kappa shape index (κ1) is 26.2. The first-order chi connectivity index (χ1) is 17.7. The number of ether oxygens (including phenoxy) is 2.